The number of fused-ring (bicyclic) bond motifs is 1. The van der Waals surface area contributed by atoms with Crippen LogP contribution < -0.4 is 10.6 Å². The van der Waals surface area contributed by atoms with Gasteiger partial charge >= 0.3 is 0 Å². The van der Waals surface area contributed by atoms with Crippen molar-refractivity contribution in [3.8, 4) is 0 Å². The number of morpholine rings is 1. The van der Waals surface area contributed by atoms with Gasteiger partial charge in [0.05, 0.1) is 48.0 Å². The molecule has 10 radical (unpaired) electrons. The number of rotatable bonds is 10. The maximum atomic E-state index is 15.8. The Hall–Kier alpha value is -2.98. The quantitative estimate of drug-likeness (QED) is 0.324. The van der Waals surface area contributed by atoms with Gasteiger partial charge in [-0.05, 0) is 39.8 Å². The Morgan fingerprint density at radius 3 is 2.20 bits per heavy atom. The van der Waals surface area contributed by atoms with Crippen molar-refractivity contribution in [2.24, 2.45) is 0 Å². The summed E-state index contributed by atoms with van der Waals surface area (Å²) in [7, 11) is 31.8. The second-order valence-electron chi connectivity index (χ2n) is 13.0. The molecule has 4 rings (SSSR count). The van der Waals surface area contributed by atoms with Gasteiger partial charge in [0.25, 0.3) is 5.91 Å². The topological polar surface area (TPSA) is 91.0 Å². The van der Waals surface area contributed by atoms with Crippen molar-refractivity contribution < 1.29 is 23.5 Å². The lowest BCUT2D eigenvalue weighted by molar-refractivity contribution is -0.182. The van der Waals surface area contributed by atoms with E-state index in [2.05, 4.69) is 15.5 Å². The monoisotopic (exact) mass is 588 g/mol. The molecule has 8 nitrogen and oxygen atoms in total. The van der Waals surface area contributed by atoms with Crippen LogP contribution in [0.3, 0.4) is 0 Å². The molecule has 0 aromatic heterocycles. The van der Waals surface area contributed by atoms with Crippen molar-refractivity contribution in [3.05, 3.63) is 64.5 Å². The molecule has 2 N–H and O–H groups in total. The SMILES string of the molecule is [B]C([B])(C=O)C([B])([B])C([B])(C(=O)NC)N1Cc2c(NCc3cccc(CN4CC(C)(C)OC(C)(C)C4)c3F)cccc2C1=O. The number of hydrogen-bond donors (Lipinski definition) is 2. The summed E-state index contributed by atoms with van der Waals surface area (Å²) in [6.07, 6.45) is 0.0711. The van der Waals surface area contributed by atoms with Gasteiger partial charge in [0.2, 0.25) is 5.91 Å². The van der Waals surface area contributed by atoms with Gasteiger partial charge in [0.15, 0.2) is 0 Å². The van der Waals surface area contributed by atoms with Gasteiger partial charge in [-0.1, -0.05) is 34.7 Å². The Labute approximate surface area is 265 Å². The van der Waals surface area contributed by atoms with Crippen LogP contribution in [0.4, 0.5) is 10.1 Å². The molecule has 2 aromatic carbocycles. The van der Waals surface area contributed by atoms with Gasteiger partial charge in [-0.15, -0.1) is 0 Å². The minimum atomic E-state index is -2.60. The van der Waals surface area contributed by atoms with Crippen LogP contribution in [-0.4, -0.2) is 104 Å². The van der Waals surface area contributed by atoms with Crippen molar-refractivity contribution in [2.75, 3.05) is 25.5 Å². The van der Waals surface area contributed by atoms with Crippen LogP contribution in [-0.2, 0) is 34.0 Å². The fraction of sp³-hybridized carbons (Fsp3) is 0.500. The van der Waals surface area contributed by atoms with Gasteiger partial charge < -0.3 is 25.1 Å². The van der Waals surface area contributed by atoms with Crippen molar-refractivity contribution in [3.63, 3.8) is 0 Å². The number of nitrogens with zero attached hydrogens (tertiary/aromatic N) is 2. The van der Waals surface area contributed by atoms with E-state index in [1.54, 1.807) is 36.4 Å². The predicted octanol–water partition coefficient (Wildman–Crippen LogP) is 1.50. The molecule has 2 amide bonds. The summed E-state index contributed by atoms with van der Waals surface area (Å²) < 4.78 is 21.9. The first-order valence-electron chi connectivity index (χ1n) is 14.3. The largest absolute Gasteiger partial charge is 0.381 e. The van der Waals surface area contributed by atoms with Crippen molar-refractivity contribution in [2.45, 2.75) is 74.4 Å². The van der Waals surface area contributed by atoms with Gasteiger partial charge in [0, 0.05) is 67.7 Å². The van der Waals surface area contributed by atoms with Crippen molar-refractivity contribution >= 4 is 63.0 Å². The van der Waals surface area contributed by atoms with Crippen molar-refractivity contribution in [1.29, 1.82) is 0 Å². The summed E-state index contributed by atoms with van der Waals surface area (Å²) in [5, 5.41) is 0.461. The minimum absolute atomic E-state index is 0.0711. The maximum absolute atomic E-state index is 15.8. The van der Waals surface area contributed by atoms with Crippen LogP contribution in [0.2, 0.25) is 10.4 Å². The zero-order chi connectivity index (χ0) is 32.9. The molecule has 2 heterocycles. The highest BCUT2D eigenvalue weighted by molar-refractivity contribution is 6.63. The number of halogens is 1. The Bertz CT molecular complexity index is 1450. The molecule has 0 saturated carbocycles. The molecule has 2 aliphatic heterocycles. The average molecular weight is 588 g/mol. The lowest BCUT2D eigenvalue weighted by atomic mass is 9.23. The number of carbonyl (C=O) groups excluding carboxylic acids is 3. The first-order valence-corrected chi connectivity index (χ1v) is 14.3. The van der Waals surface area contributed by atoms with E-state index < -0.39 is 27.7 Å². The van der Waals surface area contributed by atoms with Crippen molar-refractivity contribution in [1.82, 2.24) is 15.1 Å². The third-order valence-corrected chi connectivity index (χ3v) is 8.29. The number of likely N-dealkylation sites (N-methyl/N-ethyl adjacent to an activating group) is 1. The molecule has 14 heteroatoms. The van der Waals surface area contributed by atoms with E-state index in [9.17, 15) is 14.4 Å². The standard InChI is InChI=1S/C30H34B5FN4O4/c1-26(2)15-39(16-27(3,4)44-26)13-19-9-6-8-18(23(19)36)12-38-22-11-7-10-20-21(22)14-40(24(20)42)29(33,25(43)37-5)30(34,35)28(31,32)17-41/h6-11,17,38H,12-16H2,1-5H3,(H,37,43). The molecule has 2 aliphatic rings. The van der Waals surface area contributed by atoms with E-state index in [4.69, 9.17) is 44.0 Å². The second kappa shape index (κ2) is 11.8. The Balaban J connectivity index is 1.59. The highest BCUT2D eigenvalue weighted by Gasteiger charge is 2.58. The fourth-order valence-electron chi connectivity index (χ4n) is 6.32. The molecule has 1 unspecified atom stereocenters. The number of benzene rings is 2. The summed E-state index contributed by atoms with van der Waals surface area (Å²) in [6, 6.07) is 10.2. The lowest BCUT2D eigenvalue weighted by Gasteiger charge is -2.56. The number of ether oxygens (including phenoxy) is 1. The van der Waals surface area contributed by atoms with Crippen LogP contribution in [0.1, 0.15) is 54.7 Å². The summed E-state index contributed by atoms with van der Waals surface area (Å²) in [5.74, 6) is -1.99. The van der Waals surface area contributed by atoms with E-state index in [1.165, 1.54) is 7.05 Å². The Morgan fingerprint density at radius 2 is 1.61 bits per heavy atom. The molecule has 2 aromatic rings. The van der Waals surface area contributed by atoms with E-state index in [0.29, 0.717) is 42.0 Å². The average Bonchev–Trinajstić information content (AvgIpc) is 3.27. The second-order valence-corrected chi connectivity index (χ2v) is 13.0. The molecule has 1 atom stereocenters. The van der Waals surface area contributed by atoms with E-state index in [1.807, 2.05) is 27.7 Å². The fourth-order valence-corrected chi connectivity index (χ4v) is 6.32. The first kappa shape index (κ1) is 33.9. The zero-order valence-corrected chi connectivity index (χ0v) is 25.9. The normalized spacial score (nSPS) is 19.6. The number of nitrogens with one attached hydrogen (secondary N) is 2. The highest BCUT2D eigenvalue weighted by atomic mass is 19.1. The van der Waals surface area contributed by atoms with E-state index in [0.717, 1.165) is 4.90 Å². The number of amides is 2. The number of carbonyl (C=O) groups is 3. The van der Waals surface area contributed by atoms with E-state index in [-0.39, 0.29) is 42.0 Å². The smallest absolute Gasteiger partial charge is 0.254 e. The van der Waals surface area contributed by atoms with Gasteiger partial charge in [-0.3, -0.25) is 14.5 Å². The van der Waals surface area contributed by atoms with E-state index >= 15 is 4.39 Å². The Kier molecular flexibility index (Phi) is 9.06. The van der Waals surface area contributed by atoms with Crippen LogP contribution in [0.25, 0.3) is 0 Å². The summed E-state index contributed by atoms with van der Waals surface area (Å²) in [4.78, 5) is 41.5. The highest BCUT2D eigenvalue weighted by Crippen LogP contribution is 2.52. The Morgan fingerprint density at radius 1 is 1.02 bits per heavy atom. The maximum Gasteiger partial charge on any atom is 0.254 e. The molecule has 0 spiro atoms. The number of aldehydes is 1. The molecule has 0 aliphatic carbocycles. The summed E-state index contributed by atoms with van der Waals surface area (Å²) in [6.45, 7) is 9.72. The van der Waals surface area contributed by atoms with Gasteiger partial charge in [-0.2, -0.15) is 0 Å². The molecule has 220 valence electrons. The van der Waals surface area contributed by atoms with Crippen LogP contribution in [0, 0.1) is 5.82 Å². The summed E-state index contributed by atoms with van der Waals surface area (Å²) >= 11 is 0. The van der Waals surface area contributed by atoms with Gasteiger partial charge in [-0.25, -0.2) is 4.39 Å². The molecular weight excluding hydrogens is 553 g/mol. The number of anilines is 1. The first-order chi connectivity index (χ1) is 20.3. The lowest BCUT2D eigenvalue weighted by Crippen LogP contribution is -2.69. The molecular formula is C30H34B5FN4O4. The molecule has 44 heavy (non-hydrogen) atoms. The van der Waals surface area contributed by atoms with Crippen LogP contribution in [0.5, 0.6) is 0 Å². The van der Waals surface area contributed by atoms with Crippen LogP contribution >= 0.6 is 0 Å². The third kappa shape index (κ3) is 5.99. The summed E-state index contributed by atoms with van der Waals surface area (Å²) in [5.41, 5.74) is -1.12. The predicted molar refractivity (Wildman–Crippen MR) is 172 cm³/mol. The molecule has 1 fully saturated rings. The number of hydrogen-bond acceptors (Lipinski definition) is 6. The third-order valence-electron chi connectivity index (χ3n) is 8.29. The van der Waals surface area contributed by atoms with Crippen LogP contribution in [0.15, 0.2) is 36.4 Å². The zero-order valence-electron chi connectivity index (χ0n) is 25.9. The molecule has 1 saturated heterocycles. The minimum Gasteiger partial charge on any atom is -0.381 e. The molecule has 0 bridgehead atoms. The van der Waals surface area contributed by atoms with Gasteiger partial charge in [0.1, 0.15) is 19.9 Å².